The topological polar surface area (TPSA) is 17.8 Å². The van der Waals surface area contributed by atoms with Gasteiger partial charge in [-0.2, -0.15) is 5.10 Å². The minimum absolute atomic E-state index is 0.324. The highest BCUT2D eigenvalue weighted by atomic mass is 35.5. The molecule has 0 spiro atoms. The Balaban J connectivity index is 2.26. The Morgan fingerprint density at radius 1 is 1.54 bits per heavy atom. The fourth-order valence-electron chi connectivity index (χ4n) is 1.38. The summed E-state index contributed by atoms with van der Waals surface area (Å²) in [6, 6.07) is 0. The van der Waals surface area contributed by atoms with Gasteiger partial charge >= 0.3 is 0 Å². The van der Waals surface area contributed by atoms with Gasteiger partial charge in [0.15, 0.2) is 0 Å². The van der Waals surface area contributed by atoms with E-state index in [9.17, 15) is 0 Å². The van der Waals surface area contributed by atoms with Crippen molar-refractivity contribution < 1.29 is 0 Å². The van der Waals surface area contributed by atoms with E-state index >= 15 is 0 Å². The molecule has 1 rings (SSSR count). The van der Waals surface area contributed by atoms with Gasteiger partial charge < -0.3 is 0 Å². The van der Waals surface area contributed by atoms with Crippen molar-refractivity contribution in [2.24, 2.45) is 7.05 Å². The van der Waals surface area contributed by atoms with Gasteiger partial charge in [-0.1, -0.05) is 13.3 Å². The molecule has 1 atom stereocenters. The molecule has 0 aromatic carbocycles. The maximum absolute atomic E-state index is 6.11. The number of hydrogen-bond donors (Lipinski definition) is 0. The van der Waals surface area contributed by atoms with Crippen LogP contribution in [0.2, 0.25) is 0 Å². The zero-order valence-corrected chi connectivity index (χ0v) is 9.09. The molecule has 0 bridgehead atoms. The Labute approximate surface area is 84.9 Å². The summed E-state index contributed by atoms with van der Waals surface area (Å²) in [6.45, 7) is 2.17. The van der Waals surface area contributed by atoms with E-state index in [0.29, 0.717) is 5.38 Å². The molecule has 1 unspecified atom stereocenters. The first-order chi connectivity index (χ1) is 6.22. The molecule has 1 aromatic rings. The lowest BCUT2D eigenvalue weighted by Crippen LogP contribution is -1.99. The summed E-state index contributed by atoms with van der Waals surface area (Å²) in [5, 5.41) is 4.44. The fraction of sp³-hybridized carbons (Fsp3) is 0.700. The molecule has 3 heteroatoms. The second-order valence-electron chi connectivity index (χ2n) is 3.45. The third-order valence-corrected chi connectivity index (χ3v) is 2.54. The molecule has 0 fully saturated rings. The third kappa shape index (κ3) is 3.81. The van der Waals surface area contributed by atoms with Crippen LogP contribution in [0.4, 0.5) is 0 Å². The van der Waals surface area contributed by atoms with Crippen molar-refractivity contribution in [3.8, 4) is 0 Å². The number of alkyl halides is 1. The zero-order chi connectivity index (χ0) is 9.68. The molecular weight excluding hydrogens is 184 g/mol. The second kappa shape index (κ2) is 5.28. The van der Waals surface area contributed by atoms with Crippen LogP contribution in [0.1, 0.15) is 31.7 Å². The summed E-state index contributed by atoms with van der Waals surface area (Å²) in [6.07, 6.45) is 8.34. The largest absolute Gasteiger partial charge is 0.276 e. The van der Waals surface area contributed by atoms with Crippen LogP contribution in [-0.4, -0.2) is 15.2 Å². The van der Waals surface area contributed by atoms with E-state index in [2.05, 4.69) is 18.2 Å². The first-order valence-electron chi connectivity index (χ1n) is 4.84. The van der Waals surface area contributed by atoms with Gasteiger partial charge in [-0.15, -0.1) is 11.6 Å². The van der Waals surface area contributed by atoms with Crippen LogP contribution in [0.3, 0.4) is 0 Å². The summed E-state index contributed by atoms with van der Waals surface area (Å²) in [5.41, 5.74) is 1.28. The van der Waals surface area contributed by atoms with Gasteiger partial charge in [0.2, 0.25) is 0 Å². The van der Waals surface area contributed by atoms with E-state index in [1.165, 1.54) is 12.0 Å². The summed E-state index contributed by atoms with van der Waals surface area (Å²) in [5.74, 6) is 0. The summed E-state index contributed by atoms with van der Waals surface area (Å²) in [7, 11) is 1.94. The Hall–Kier alpha value is -0.500. The van der Waals surface area contributed by atoms with Crippen molar-refractivity contribution in [1.29, 1.82) is 0 Å². The normalized spacial score (nSPS) is 13.2. The average molecular weight is 201 g/mol. The van der Waals surface area contributed by atoms with Gasteiger partial charge in [-0.25, -0.2) is 0 Å². The van der Waals surface area contributed by atoms with Crippen LogP contribution in [0.25, 0.3) is 0 Å². The molecule has 1 heterocycles. The van der Waals surface area contributed by atoms with Crippen LogP contribution in [0.15, 0.2) is 12.4 Å². The van der Waals surface area contributed by atoms with Gasteiger partial charge in [0.1, 0.15) is 0 Å². The molecule has 0 saturated carbocycles. The number of rotatable bonds is 5. The molecule has 1 aromatic heterocycles. The van der Waals surface area contributed by atoms with E-state index in [1.54, 1.807) is 0 Å². The molecule has 74 valence electrons. The summed E-state index contributed by atoms with van der Waals surface area (Å²) in [4.78, 5) is 0. The highest BCUT2D eigenvalue weighted by Crippen LogP contribution is 2.13. The molecule has 13 heavy (non-hydrogen) atoms. The van der Waals surface area contributed by atoms with Gasteiger partial charge in [-0.05, 0) is 24.8 Å². The molecule has 0 aliphatic carbocycles. The lowest BCUT2D eigenvalue weighted by molar-refractivity contribution is 0.675. The van der Waals surface area contributed by atoms with E-state index < -0.39 is 0 Å². The SMILES string of the molecule is CCCC(Cl)CCc1cnn(C)c1. The minimum Gasteiger partial charge on any atom is -0.276 e. The Bertz CT molecular complexity index is 245. The van der Waals surface area contributed by atoms with Crippen LogP contribution in [0, 0.1) is 0 Å². The van der Waals surface area contributed by atoms with Crippen molar-refractivity contribution in [2.45, 2.75) is 38.0 Å². The number of halogens is 1. The van der Waals surface area contributed by atoms with E-state index in [-0.39, 0.29) is 0 Å². The van der Waals surface area contributed by atoms with Gasteiger partial charge in [0.05, 0.1) is 6.20 Å². The Morgan fingerprint density at radius 3 is 2.85 bits per heavy atom. The van der Waals surface area contributed by atoms with Gasteiger partial charge in [0, 0.05) is 18.6 Å². The highest BCUT2D eigenvalue weighted by molar-refractivity contribution is 6.20. The molecule has 0 N–H and O–H groups in total. The molecule has 2 nitrogen and oxygen atoms in total. The predicted octanol–water partition coefficient (Wildman–Crippen LogP) is 2.76. The molecule has 0 aliphatic rings. The lowest BCUT2D eigenvalue weighted by Gasteiger charge is -2.05. The molecular formula is C10H17ClN2. The summed E-state index contributed by atoms with van der Waals surface area (Å²) >= 11 is 6.11. The van der Waals surface area contributed by atoms with Crippen molar-refractivity contribution >= 4 is 11.6 Å². The quantitative estimate of drug-likeness (QED) is 0.669. The molecule has 0 aliphatic heterocycles. The lowest BCUT2D eigenvalue weighted by atomic mass is 10.1. The van der Waals surface area contributed by atoms with Crippen LogP contribution >= 0.6 is 11.6 Å². The van der Waals surface area contributed by atoms with Crippen molar-refractivity contribution in [3.05, 3.63) is 18.0 Å². The minimum atomic E-state index is 0.324. The van der Waals surface area contributed by atoms with Gasteiger partial charge in [0.25, 0.3) is 0 Å². The monoisotopic (exact) mass is 200 g/mol. The van der Waals surface area contributed by atoms with Crippen LogP contribution in [-0.2, 0) is 13.5 Å². The first-order valence-corrected chi connectivity index (χ1v) is 5.27. The van der Waals surface area contributed by atoms with Gasteiger partial charge in [-0.3, -0.25) is 4.68 Å². The molecule has 0 radical (unpaired) electrons. The van der Waals surface area contributed by atoms with Crippen molar-refractivity contribution in [2.75, 3.05) is 0 Å². The third-order valence-electron chi connectivity index (χ3n) is 2.11. The fourth-order valence-corrected chi connectivity index (χ4v) is 1.71. The van der Waals surface area contributed by atoms with Crippen molar-refractivity contribution in [3.63, 3.8) is 0 Å². The Kier molecular flexibility index (Phi) is 4.29. The zero-order valence-electron chi connectivity index (χ0n) is 8.33. The average Bonchev–Trinajstić information content (AvgIpc) is 2.49. The number of nitrogens with zero attached hydrogens (tertiary/aromatic N) is 2. The summed E-state index contributed by atoms with van der Waals surface area (Å²) < 4.78 is 1.83. The standard InChI is InChI=1S/C10H17ClN2/c1-3-4-10(11)6-5-9-7-12-13(2)8-9/h7-8,10H,3-6H2,1-2H3. The van der Waals surface area contributed by atoms with E-state index in [4.69, 9.17) is 11.6 Å². The maximum Gasteiger partial charge on any atom is 0.0521 e. The molecule has 0 saturated heterocycles. The Morgan fingerprint density at radius 2 is 2.31 bits per heavy atom. The smallest absolute Gasteiger partial charge is 0.0521 e. The highest BCUT2D eigenvalue weighted by Gasteiger charge is 2.04. The van der Waals surface area contributed by atoms with Crippen molar-refractivity contribution in [1.82, 2.24) is 9.78 Å². The first kappa shape index (κ1) is 10.6. The molecule has 0 amide bonds. The van der Waals surface area contributed by atoms with E-state index in [0.717, 1.165) is 19.3 Å². The van der Waals surface area contributed by atoms with Crippen LogP contribution in [0.5, 0.6) is 0 Å². The van der Waals surface area contributed by atoms with Crippen LogP contribution < -0.4 is 0 Å². The maximum atomic E-state index is 6.11. The predicted molar refractivity (Wildman–Crippen MR) is 56.1 cm³/mol. The number of aryl methyl sites for hydroxylation is 2. The van der Waals surface area contributed by atoms with E-state index in [1.807, 2.05) is 17.9 Å². The number of hydrogen-bond acceptors (Lipinski definition) is 1. The second-order valence-corrected chi connectivity index (χ2v) is 4.06. The number of aromatic nitrogens is 2.